The minimum Gasteiger partial charge on any atom is -0.253 e. The Morgan fingerprint density at radius 1 is 1.50 bits per heavy atom. The van der Waals surface area contributed by atoms with Crippen molar-refractivity contribution in [2.75, 3.05) is 5.43 Å². The van der Waals surface area contributed by atoms with Crippen LogP contribution in [0, 0.1) is 17.4 Å². The number of hydrogen-bond acceptors (Lipinski definition) is 4. The van der Waals surface area contributed by atoms with Gasteiger partial charge in [0.05, 0.1) is 10.2 Å². The molecule has 1 heterocycles. The van der Waals surface area contributed by atoms with E-state index in [1.54, 1.807) is 11.3 Å². The van der Waals surface area contributed by atoms with Crippen molar-refractivity contribution in [2.24, 2.45) is 5.10 Å². The molecule has 0 spiro atoms. The lowest BCUT2D eigenvalue weighted by molar-refractivity contribution is 1.20. The fourth-order valence-electron chi connectivity index (χ4n) is 1.63. The standard InChI is InChI=1S/C13H16IN3S/c1-5-8(3)16-17-13-15-10-6-7(2)11(14)9(4)12(10)18-13/h6H,5H2,1-4H3,(H,15,17)/b16-8+. The zero-order chi connectivity index (χ0) is 13.3. The highest BCUT2D eigenvalue weighted by Gasteiger charge is 2.10. The summed E-state index contributed by atoms with van der Waals surface area (Å²) in [5, 5.41) is 5.16. The van der Waals surface area contributed by atoms with Gasteiger partial charge in [-0.05, 0) is 67.0 Å². The fraction of sp³-hybridized carbons (Fsp3) is 0.385. The van der Waals surface area contributed by atoms with Crippen LogP contribution in [-0.2, 0) is 0 Å². The van der Waals surface area contributed by atoms with E-state index < -0.39 is 0 Å². The van der Waals surface area contributed by atoms with Crippen LogP contribution >= 0.6 is 33.9 Å². The summed E-state index contributed by atoms with van der Waals surface area (Å²) in [5.41, 5.74) is 7.78. The van der Waals surface area contributed by atoms with Crippen LogP contribution in [0.25, 0.3) is 10.2 Å². The summed E-state index contributed by atoms with van der Waals surface area (Å²) in [4.78, 5) is 4.58. The van der Waals surface area contributed by atoms with Crippen molar-refractivity contribution in [3.05, 3.63) is 20.8 Å². The first kappa shape index (κ1) is 13.7. The van der Waals surface area contributed by atoms with Crippen molar-refractivity contribution in [1.29, 1.82) is 0 Å². The number of hydrogen-bond donors (Lipinski definition) is 1. The number of hydrazone groups is 1. The lowest BCUT2D eigenvalue weighted by Gasteiger charge is -2.02. The molecule has 0 fully saturated rings. The van der Waals surface area contributed by atoms with Gasteiger partial charge in [0.2, 0.25) is 5.13 Å². The van der Waals surface area contributed by atoms with E-state index in [0.29, 0.717) is 0 Å². The molecule has 1 N–H and O–H groups in total. The number of nitrogens with one attached hydrogen (secondary N) is 1. The summed E-state index contributed by atoms with van der Waals surface area (Å²) in [7, 11) is 0. The predicted octanol–water partition coefficient (Wildman–Crippen LogP) is 4.72. The Hall–Kier alpha value is -0.690. The van der Waals surface area contributed by atoms with Crippen LogP contribution in [0.3, 0.4) is 0 Å². The lowest BCUT2D eigenvalue weighted by Crippen LogP contribution is -1.94. The molecule has 0 unspecified atom stereocenters. The maximum absolute atomic E-state index is 4.58. The highest BCUT2D eigenvalue weighted by Crippen LogP contribution is 2.33. The molecule has 0 aliphatic heterocycles. The van der Waals surface area contributed by atoms with E-state index in [-0.39, 0.29) is 0 Å². The van der Waals surface area contributed by atoms with Crippen LogP contribution in [0.2, 0.25) is 0 Å². The van der Waals surface area contributed by atoms with Crippen molar-refractivity contribution in [1.82, 2.24) is 4.98 Å². The maximum Gasteiger partial charge on any atom is 0.204 e. The highest BCUT2D eigenvalue weighted by atomic mass is 127. The SMILES string of the molecule is CC/C(C)=N/Nc1nc2cc(C)c(I)c(C)c2s1. The van der Waals surface area contributed by atoms with Gasteiger partial charge < -0.3 is 0 Å². The third-order valence-electron chi connectivity index (χ3n) is 2.88. The zero-order valence-electron chi connectivity index (χ0n) is 11.0. The van der Waals surface area contributed by atoms with Gasteiger partial charge in [-0.25, -0.2) is 4.98 Å². The second-order valence-corrected chi connectivity index (χ2v) is 6.39. The van der Waals surface area contributed by atoms with Crippen LogP contribution in [0.4, 0.5) is 5.13 Å². The second kappa shape index (κ2) is 5.52. The summed E-state index contributed by atoms with van der Waals surface area (Å²) in [6.07, 6.45) is 0.952. The molecule has 0 radical (unpaired) electrons. The summed E-state index contributed by atoms with van der Waals surface area (Å²) in [5.74, 6) is 0. The van der Waals surface area contributed by atoms with E-state index in [2.05, 4.69) is 64.9 Å². The maximum atomic E-state index is 4.58. The smallest absolute Gasteiger partial charge is 0.204 e. The van der Waals surface area contributed by atoms with Gasteiger partial charge in [0.25, 0.3) is 0 Å². The Bertz CT molecular complexity index is 616. The summed E-state index contributed by atoms with van der Waals surface area (Å²) < 4.78 is 2.57. The van der Waals surface area contributed by atoms with Gasteiger partial charge in [-0.3, -0.25) is 5.43 Å². The molecular formula is C13H16IN3S. The van der Waals surface area contributed by atoms with E-state index in [1.165, 1.54) is 19.4 Å². The molecule has 2 aromatic rings. The van der Waals surface area contributed by atoms with Crippen LogP contribution in [0.1, 0.15) is 31.4 Å². The third-order valence-corrected chi connectivity index (χ3v) is 5.63. The van der Waals surface area contributed by atoms with Crippen molar-refractivity contribution in [3.8, 4) is 0 Å². The number of aryl methyl sites for hydroxylation is 2. The second-order valence-electron chi connectivity index (χ2n) is 4.31. The van der Waals surface area contributed by atoms with Crippen molar-refractivity contribution >= 4 is 55.0 Å². The monoisotopic (exact) mass is 373 g/mol. The Morgan fingerprint density at radius 2 is 2.22 bits per heavy atom. The zero-order valence-corrected chi connectivity index (χ0v) is 13.9. The summed E-state index contributed by atoms with van der Waals surface area (Å²) >= 11 is 4.06. The molecule has 0 atom stereocenters. The number of aromatic nitrogens is 1. The average molecular weight is 373 g/mol. The molecule has 0 amide bonds. The number of nitrogens with zero attached hydrogens (tertiary/aromatic N) is 2. The Kier molecular flexibility index (Phi) is 4.21. The molecule has 18 heavy (non-hydrogen) atoms. The number of thiazole rings is 1. The summed E-state index contributed by atoms with van der Waals surface area (Å²) in [6.45, 7) is 8.38. The van der Waals surface area contributed by atoms with Crippen LogP contribution in [0.15, 0.2) is 11.2 Å². The molecular weight excluding hydrogens is 357 g/mol. The highest BCUT2D eigenvalue weighted by molar-refractivity contribution is 14.1. The van der Waals surface area contributed by atoms with E-state index in [0.717, 1.165) is 22.8 Å². The molecule has 3 nitrogen and oxygen atoms in total. The molecule has 0 aliphatic carbocycles. The third kappa shape index (κ3) is 2.66. The number of fused-ring (bicyclic) bond motifs is 1. The van der Waals surface area contributed by atoms with Crippen LogP contribution in [0.5, 0.6) is 0 Å². The number of rotatable bonds is 3. The van der Waals surface area contributed by atoms with Crippen molar-refractivity contribution < 1.29 is 0 Å². The Balaban J connectivity index is 2.42. The Morgan fingerprint density at radius 3 is 2.89 bits per heavy atom. The quantitative estimate of drug-likeness (QED) is 0.480. The van der Waals surface area contributed by atoms with Crippen molar-refractivity contribution in [3.63, 3.8) is 0 Å². The van der Waals surface area contributed by atoms with E-state index in [4.69, 9.17) is 0 Å². The molecule has 2 rings (SSSR count). The van der Waals surface area contributed by atoms with Gasteiger partial charge in [-0.15, -0.1) is 0 Å². The number of anilines is 1. The van der Waals surface area contributed by atoms with Gasteiger partial charge >= 0.3 is 0 Å². The predicted molar refractivity (Wildman–Crippen MR) is 88.8 cm³/mol. The van der Waals surface area contributed by atoms with Crippen molar-refractivity contribution in [2.45, 2.75) is 34.1 Å². The number of benzene rings is 1. The molecule has 5 heteroatoms. The minimum absolute atomic E-state index is 0.863. The molecule has 1 aromatic carbocycles. The molecule has 0 aliphatic rings. The largest absolute Gasteiger partial charge is 0.253 e. The first-order valence-electron chi connectivity index (χ1n) is 5.88. The van der Waals surface area contributed by atoms with Gasteiger partial charge in [-0.2, -0.15) is 5.10 Å². The van der Waals surface area contributed by atoms with E-state index >= 15 is 0 Å². The molecule has 1 aromatic heterocycles. The topological polar surface area (TPSA) is 37.3 Å². The van der Waals surface area contributed by atoms with Crippen LogP contribution < -0.4 is 5.43 Å². The van der Waals surface area contributed by atoms with Gasteiger partial charge in [0.15, 0.2) is 0 Å². The van der Waals surface area contributed by atoms with Gasteiger partial charge in [-0.1, -0.05) is 18.3 Å². The minimum atomic E-state index is 0.863. The summed E-state index contributed by atoms with van der Waals surface area (Å²) in [6, 6.07) is 2.14. The molecule has 96 valence electrons. The first-order valence-corrected chi connectivity index (χ1v) is 7.77. The lowest BCUT2D eigenvalue weighted by atomic mass is 10.1. The van der Waals surface area contributed by atoms with Crippen LogP contribution in [-0.4, -0.2) is 10.7 Å². The molecule has 0 saturated heterocycles. The number of halogens is 1. The average Bonchev–Trinajstić information content (AvgIpc) is 2.76. The normalized spacial score (nSPS) is 12.2. The Labute approximate surface area is 125 Å². The van der Waals surface area contributed by atoms with E-state index in [9.17, 15) is 0 Å². The molecule has 0 bridgehead atoms. The fourth-order valence-corrected chi connectivity index (χ4v) is 3.13. The first-order chi connectivity index (χ1) is 8.52. The van der Waals surface area contributed by atoms with Gasteiger partial charge in [0, 0.05) is 9.28 Å². The van der Waals surface area contributed by atoms with Gasteiger partial charge in [0.1, 0.15) is 0 Å². The molecule has 0 saturated carbocycles. The van der Waals surface area contributed by atoms with E-state index in [1.807, 2.05) is 6.92 Å².